The molecule has 0 unspecified atom stereocenters. The van der Waals surface area contributed by atoms with E-state index in [4.69, 9.17) is 11.6 Å². The molecule has 0 atom stereocenters. The Bertz CT molecular complexity index is 933. The Morgan fingerprint density at radius 3 is 2.81 bits per heavy atom. The third-order valence-corrected chi connectivity index (χ3v) is 5.27. The fraction of sp³-hybridized carbons (Fsp3) is 0.350. The van der Waals surface area contributed by atoms with Gasteiger partial charge in [0, 0.05) is 23.7 Å². The van der Waals surface area contributed by atoms with E-state index in [0.29, 0.717) is 24.0 Å². The maximum absolute atomic E-state index is 12.2. The summed E-state index contributed by atoms with van der Waals surface area (Å²) in [5.41, 5.74) is 1.89. The molecular weight excluding hydrogens is 362 g/mol. The number of halogens is 1. The molecule has 1 aliphatic heterocycles. The Hall–Kier alpha value is -2.44. The molecule has 1 fully saturated rings. The Labute approximate surface area is 163 Å². The van der Waals surface area contributed by atoms with Crippen LogP contribution < -0.4 is 5.32 Å². The zero-order chi connectivity index (χ0) is 18.6. The lowest BCUT2D eigenvalue weighted by atomic mass is 9.96. The Balaban J connectivity index is 1.27. The van der Waals surface area contributed by atoms with Crippen LogP contribution >= 0.6 is 11.6 Å². The number of fused-ring (bicyclic) bond motifs is 1. The molecule has 0 bridgehead atoms. The number of aromatic nitrogens is 3. The van der Waals surface area contributed by atoms with Gasteiger partial charge in [-0.2, -0.15) is 0 Å². The van der Waals surface area contributed by atoms with Gasteiger partial charge < -0.3 is 5.32 Å². The molecule has 2 aromatic heterocycles. The fourth-order valence-corrected chi connectivity index (χ4v) is 3.81. The van der Waals surface area contributed by atoms with Crippen LogP contribution in [0.2, 0.25) is 5.02 Å². The van der Waals surface area contributed by atoms with Crippen molar-refractivity contribution in [1.82, 2.24) is 24.8 Å². The van der Waals surface area contributed by atoms with Crippen LogP contribution in [0.3, 0.4) is 0 Å². The minimum absolute atomic E-state index is 0.0429. The van der Waals surface area contributed by atoms with Crippen molar-refractivity contribution >= 4 is 23.2 Å². The van der Waals surface area contributed by atoms with Gasteiger partial charge in [0.25, 0.3) is 0 Å². The molecule has 1 aromatic carbocycles. The van der Waals surface area contributed by atoms with Crippen LogP contribution in [-0.2, 0) is 11.3 Å². The molecule has 27 heavy (non-hydrogen) atoms. The third-order valence-electron chi connectivity index (χ3n) is 5.04. The Morgan fingerprint density at radius 2 is 2.00 bits per heavy atom. The van der Waals surface area contributed by atoms with Crippen LogP contribution in [0.1, 0.15) is 30.1 Å². The standard InChI is InChI=1S/C20H22ClN5O/c21-17-5-3-4-15(12-17)13-22-19(27)14-25-10-7-16(8-11-25)20-24-23-18-6-1-2-9-26(18)20/h1-6,9,12,16H,7-8,10-11,13-14H2,(H,22,27). The van der Waals surface area contributed by atoms with Crippen LogP contribution in [0.25, 0.3) is 5.65 Å². The monoisotopic (exact) mass is 383 g/mol. The number of hydrogen-bond donors (Lipinski definition) is 1. The molecule has 7 heteroatoms. The summed E-state index contributed by atoms with van der Waals surface area (Å²) < 4.78 is 2.07. The van der Waals surface area contributed by atoms with E-state index in [9.17, 15) is 4.79 Å². The van der Waals surface area contributed by atoms with E-state index < -0.39 is 0 Å². The number of amides is 1. The van der Waals surface area contributed by atoms with Crippen LogP contribution in [0.5, 0.6) is 0 Å². The van der Waals surface area contributed by atoms with Crippen molar-refractivity contribution < 1.29 is 4.79 Å². The predicted octanol–water partition coefficient (Wildman–Crippen LogP) is 2.88. The lowest BCUT2D eigenvalue weighted by Gasteiger charge is -2.30. The number of nitrogens with zero attached hydrogens (tertiary/aromatic N) is 4. The lowest BCUT2D eigenvalue weighted by Crippen LogP contribution is -2.41. The molecule has 0 saturated carbocycles. The zero-order valence-electron chi connectivity index (χ0n) is 15.0. The number of carbonyl (C=O) groups excluding carboxylic acids is 1. The van der Waals surface area contributed by atoms with Gasteiger partial charge >= 0.3 is 0 Å². The molecule has 0 aliphatic carbocycles. The van der Waals surface area contributed by atoms with E-state index in [1.165, 1.54) is 0 Å². The number of nitrogens with one attached hydrogen (secondary N) is 1. The maximum atomic E-state index is 12.2. The highest BCUT2D eigenvalue weighted by Gasteiger charge is 2.25. The van der Waals surface area contributed by atoms with Gasteiger partial charge in [0.1, 0.15) is 5.82 Å². The number of carbonyl (C=O) groups is 1. The lowest BCUT2D eigenvalue weighted by molar-refractivity contribution is -0.122. The van der Waals surface area contributed by atoms with Gasteiger partial charge in [-0.15, -0.1) is 10.2 Å². The van der Waals surface area contributed by atoms with Crippen molar-refractivity contribution in [2.45, 2.75) is 25.3 Å². The highest BCUT2D eigenvalue weighted by atomic mass is 35.5. The van der Waals surface area contributed by atoms with Crippen LogP contribution in [0.4, 0.5) is 0 Å². The number of likely N-dealkylation sites (tertiary alicyclic amines) is 1. The minimum Gasteiger partial charge on any atom is -0.351 e. The molecule has 1 amide bonds. The topological polar surface area (TPSA) is 62.5 Å². The average molecular weight is 384 g/mol. The van der Waals surface area contributed by atoms with E-state index in [1.807, 2.05) is 48.7 Å². The second-order valence-corrected chi connectivity index (χ2v) is 7.38. The van der Waals surface area contributed by atoms with Gasteiger partial charge in [-0.25, -0.2) is 0 Å². The zero-order valence-corrected chi connectivity index (χ0v) is 15.8. The summed E-state index contributed by atoms with van der Waals surface area (Å²) in [6.07, 6.45) is 3.98. The van der Waals surface area contributed by atoms with Crippen molar-refractivity contribution in [3.63, 3.8) is 0 Å². The Kier molecular flexibility index (Phi) is 5.36. The van der Waals surface area contributed by atoms with Crippen LogP contribution in [0.15, 0.2) is 48.7 Å². The van der Waals surface area contributed by atoms with Gasteiger partial charge in [-0.05, 0) is 55.8 Å². The highest BCUT2D eigenvalue weighted by molar-refractivity contribution is 6.30. The van der Waals surface area contributed by atoms with Crippen LogP contribution in [-0.4, -0.2) is 45.0 Å². The maximum Gasteiger partial charge on any atom is 0.234 e. The summed E-state index contributed by atoms with van der Waals surface area (Å²) in [5, 5.41) is 12.3. The SMILES string of the molecule is O=C(CN1CCC(c2nnc3ccccn23)CC1)NCc1cccc(Cl)c1. The second-order valence-electron chi connectivity index (χ2n) is 6.94. The molecule has 0 radical (unpaired) electrons. The average Bonchev–Trinajstić information content (AvgIpc) is 3.11. The fourth-order valence-electron chi connectivity index (χ4n) is 3.59. The number of pyridine rings is 1. The first-order valence-corrected chi connectivity index (χ1v) is 9.60. The van der Waals surface area contributed by atoms with Gasteiger partial charge in [0.2, 0.25) is 5.91 Å². The van der Waals surface area contributed by atoms with E-state index in [-0.39, 0.29) is 5.91 Å². The van der Waals surface area contributed by atoms with E-state index in [1.54, 1.807) is 0 Å². The molecule has 0 spiro atoms. The predicted molar refractivity (Wildman–Crippen MR) is 105 cm³/mol. The molecule has 1 aliphatic rings. The summed E-state index contributed by atoms with van der Waals surface area (Å²) in [7, 11) is 0. The summed E-state index contributed by atoms with van der Waals surface area (Å²) in [6, 6.07) is 13.5. The van der Waals surface area contributed by atoms with Gasteiger partial charge in [0.15, 0.2) is 5.65 Å². The largest absolute Gasteiger partial charge is 0.351 e. The second kappa shape index (κ2) is 8.06. The number of piperidine rings is 1. The number of rotatable bonds is 5. The highest BCUT2D eigenvalue weighted by Crippen LogP contribution is 2.26. The molecule has 3 heterocycles. The number of hydrogen-bond acceptors (Lipinski definition) is 4. The van der Waals surface area contributed by atoms with Gasteiger partial charge in [-0.3, -0.25) is 14.1 Å². The summed E-state index contributed by atoms with van der Waals surface area (Å²) in [6.45, 7) is 2.70. The van der Waals surface area contributed by atoms with Crippen molar-refractivity contribution in [1.29, 1.82) is 0 Å². The molecular formula is C20H22ClN5O. The number of benzene rings is 1. The van der Waals surface area contributed by atoms with Crippen molar-refractivity contribution in [2.75, 3.05) is 19.6 Å². The third kappa shape index (κ3) is 4.28. The minimum atomic E-state index is 0.0429. The van der Waals surface area contributed by atoms with Gasteiger partial charge in [0.05, 0.1) is 6.54 Å². The summed E-state index contributed by atoms with van der Waals surface area (Å²) in [5.74, 6) is 1.45. The summed E-state index contributed by atoms with van der Waals surface area (Å²) >= 11 is 5.98. The molecule has 1 N–H and O–H groups in total. The Morgan fingerprint density at radius 1 is 1.15 bits per heavy atom. The first-order chi connectivity index (χ1) is 13.2. The molecule has 6 nitrogen and oxygen atoms in total. The first-order valence-electron chi connectivity index (χ1n) is 9.22. The normalized spacial score (nSPS) is 15.9. The van der Waals surface area contributed by atoms with Crippen molar-refractivity contribution in [2.24, 2.45) is 0 Å². The quantitative estimate of drug-likeness (QED) is 0.735. The molecule has 140 valence electrons. The van der Waals surface area contributed by atoms with E-state index in [2.05, 4.69) is 24.8 Å². The molecule has 1 saturated heterocycles. The van der Waals surface area contributed by atoms with Gasteiger partial charge in [-0.1, -0.05) is 29.8 Å². The van der Waals surface area contributed by atoms with Crippen molar-refractivity contribution in [3.05, 3.63) is 65.1 Å². The van der Waals surface area contributed by atoms with Crippen molar-refractivity contribution in [3.8, 4) is 0 Å². The smallest absolute Gasteiger partial charge is 0.234 e. The van der Waals surface area contributed by atoms with E-state index >= 15 is 0 Å². The summed E-state index contributed by atoms with van der Waals surface area (Å²) in [4.78, 5) is 14.4. The molecule has 3 aromatic rings. The van der Waals surface area contributed by atoms with Crippen LogP contribution in [0, 0.1) is 0 Å². The molecule has 4 rings (SSSR count). The van der Waals surface area contributed by atoms with E-state index in [0.717, 1.165) is 43.0 Å². The first kappa shape index (κ1) is 17.9.